The van der Waals surface area contributed by atoms with Gasteiger partial charge in [-0.15, -0.1) is 0 Å². The van der Waals surface area contributed by atoms with Gasteiger partial charge in [-0.05, 0) is 35.8 Å². The van der Waals surface area contributed by atoms with Crippen LogP contribution in [-0.2, 0) is 14.3 Å². The molecule has 1 aromatic carbocycles. The van der Waals surface area contributed by atoms with Crippen LogP contribution in [-0.4, -0.2) is 36.5 Å². The van der Waals surface area contributed by atoms with Gasteiger partial charge in [0.15, 0.2) is 0 Å². The maximum absolute atomic E-state index is 12.7. The van der Waals surface area contributed by atoms with Gasteiger partial charge in [0.25, 0.3) is 11.8 Å². The van der Waals surface area contributed by atoms with Gasteiger partial charge in [0, 0.05) is 25.8 Å². The number of nitrogens with zero attached hydrogens (tertiary/aromatic N) is 1. The van der Waals surface area contributed by atoms with Crippen molar-refractivity contribution in [3.63, 3.8) is 0 Å². The van der Waals surface area contributed by atoms with Crippen LogP contribution in [0.2, 0.25) is 0 Å². The van der Waals surface area contributed by atoms with Crippen LogP contribution in [0.3, 0.4) is 0 Å². The molecule has 122 valence electrons. The molecular weight excluding hydrogens is 290 g/mol. The predicted octanol–water partition coefficient (Wildman–Crippen LogP) is 2.99. The number of carbonyl (C=O) groups is 2. The standard InChI is InChI=1S/C19H23NO3/c1-13(2)15-4-3-5-16(10-15)17-11-18(21)20(19(17)22)12-14-6-8-23-9-7-14/h3-5,10-11,13-14H,6-9,12H2,1-2H3. The van der Waals surface area contributed by atoms with Crippen molar-refractivity contribution in [2.75, 3.05) is 19.8 Å². The Morgan fingerprint density at radius 1 is 1.22 bits per heavy atom. The fourth-order valence-corrected chi connectivity index (χ4v) is 3.14. The van der Waals surface area contributed by atoms with Gasteiger partial charge in [-0.2, -0.15) is 0 Å². The van der Waals surface area contributed by atoms with Gasteiger partial charge >= 0.3 is 0 Å². The SMILES string of the molecule is CC(C)c1cccc(C2=CC(=O)N(CC3CCOCC3)C2=O)c1. The molecule has 0 spiro atoms. The van der Waals surface area contributed by atoms with Crippen molar-refractivity contribution in [2.24, 2.45) is 5.92 Å². The lowest BCUT2D eigenvalue weighted by atomic mass is 9.97. The van der Waals surface area contributed by atoms with Crippen LogP contribution in [0.5, 0.6) is 0 Å². The first-order valence-corrected chi connectivity index (χ1v) is 8.32. The van der Waals surface area contributed by atoms with Crippen LogP contribution >= 0.6 is 0 Å². The zero-order valence-corrected chi connectivity index (χ0v) is 13.7. The fraction of sp³-hybridized carbons (Fsp3) is 0.474. The zero-order chi connectivity index (χ0) is 16.4. The molecule has 4 heteroatoms. The maximum Gasteiger partial charge on any atom is 0.261 e. The van der Waals surface area contributed by atoms with E-state index in [-0.39, 0.29) is 11.8 Å². The maximum atomic E-state index is 12.7. The number of ether oxygens (including phenoxy) is 1. The molecule has 0 radical (unpaired) electrons. The zero-order valence-electron chi connectivity index (χ0n) is 13.7. The second-order valence-corrected chi connectivity index (χ2v) is 6.65. The summed E-state index contributed by atoms with van der Waals surface area (Å²) in [5.41, 5.74) is 2.53. The molecule has 1 fully saturated rings. The minimum absolute atomic E-state index is 0.164. The highest BCUT2D eigenvalue weighted by molar-refractivity contribution is 6.33. The topological polar surface area (TPSA) is 46.6 Å². The van der Waals surface area contributed by atoms with E-state index >= 15 is 0 Å². The van der Waals surface area contributed by atoms with E-state index in [4.69, 9.17) is 4.74 Å². The third kappa shape index (κ3) is 3.37. The molecule has 1 aromatic rings. The summed E-state index contributed by atoms with van der Waals surface area (Å²) in [7, 11) is 0. The lowest BCUT2D eigenvalue weighted by molar-refractivity contribution is -0.137. The van der Waals surface area contributed by atoms with Crippen molar-refractivity contribution >= 4 is 17.4 Å². The third-order valence-electron chi connectivity index (χ3n) is 4.66. The van der Waals surface area contributed by atoms with Gasteiger partial charge in [0.1, 0.15) is 0 Å². The van der Waals surface area contributed by atoms with E-state index in [0.29, 0.717) is 24.0 Å². The smallest absolute Gasteiger partial charge is 0.261 e. The molecule has 0 N–H and O–H groups in total. The molecule has 3 rings (SSSR count). The average Bonchev–Trinajstić information content (AvgIpc) is 2.84. The summed E-state index contributed by atoms with van der Waals surface area (Å²) >= 11 is 0. The van der Waals surface area contributed by atoms with Crippen LogP contribution in [0, 0.1) is 5.92 Å². The molecule has 0 bridgehead atoms. The molecule has 0 aliphatic carbocycles. The second-order valence-electron chi connectivity index (χ2n) is 6.65. The summed E-state index contributed by atoms with van der Waals surface area (Å²) < 4.78 is 5.34. The first-order chi connectivity index (χ1) is 11.1. The normalized spacial score (nSPS) is 19.6. The van der Waals surface area contributed by atoms with Crippen LogP contribution < -0.4 is 0 Å². The molecule has 2 aliphatic rings. The monoisotopic (exact) mass is 313 g/mol. The molecule has 2 heterocycles. The highest BCUT2D eigenvalue weighted by Gasteiger charge is 2.33. The van der Waals surface area contributed by atoms with Crippen molar-refractivity contribution in [3.05, 3.63) is 41.5 Å². The van der Waals surface area contributed by atoms with Crippen molar-refractivity contribution in [1.29, 1.82) is 0 Å². The Bertz CT molecular complexity index is 642. The Kier molecular flexibility index (Phi) is 4.62. The number of hydrogen-bond donors (Lipinski definition) is 0. The highest BCUT2D eigenvalue weighted by Crippen LogP contribution is 2.28. The van der Waals surface area contributed by atoms with Gasteiger partial charge in [-0.1, -0.05) is 38.1 Å². The van der Waals surface area contributed by atoms with E-state index in [1.165, 1.54) is 16.5 Å². The largest absolute Gasteiger partial charge is 0.381 e. The van der Waals surface area contributed by atoms with Crippen molar-refractivity contribution < 1.29 is 14.3 Å². The quantitative estimate of drug-likeness (QED) is 0.803. The number of rotatable bonds is 4. The lowest BCUT2D eigenvalue weighted by Gasteiger charge is -2.26. The molecule has 0 unspecified atom stereocenters. The number of amides is 2. The Hall–Kier alpha value is -1.94. The first-order valence-electron chi connectivity index (χ1n) is 8.32. The Labute approximate surface area is 137 Å². The summed E-state index contributed by atoms with van der Waals surface area (Å²) in [5, 5.41) is 0. The first kappa shape index (κ1) is 15.9. The average molecular weight is 313 g/mol. The van der Waals surface area contributed by atoms with E-state index in [0.717, 1.165) is 31.6 Å². The van der Waals surface area contributed by atoms with Crippen LogP contribution in [0.15, 0.2) is 30.3 Å². The summed E-state index contributed by atoms with van der Waals surface area (Å²) in [6.07, 6.45) is 3.31. The Morgan fingerprint density at radius 3 is 2.65 bits per heavy atom. The molecular formula is C19H23NO3. The number of benzene rings is 1. The molecule has 2 amide bonds. The summed E-state index contributed by atoms with van der Waals surface area (Å²) in [6, 6.07) is 7.92. The third-order valence-corrected chi connectivity index (χ3v) is 4.66. The van der Waals surface area contributed by atoms with Gasteiger partial charge in [0.2, 0.25) is 0 Å². The molecule has 0 aromatic heterocycles. The van der Waals surface area contributed by atoms with E-state index in [2.05, 4.69) is 19.9 Å². The highest BCUT2D eigenvalue weighted by atomic mass is 16.5. The van der Waals surface area contributed by atoms with Crippen molar-refractivity contribution in [1.82, 2.24) is 4.90 Å². The predicted molar refractivity (Wildman–Crippen MR) is 88.8 cm³/mol. The van der Waals surface area contributed by atoms with Crippen LogP contribution in [0.25, 0.3) is 5.57 Å². The van der Waals surface area contributed by atoms with Crippen molar-refractivity contribution in [2.45, 2.75) is 32.6 Å². The number of imide groups is 1. The molecule has 23 heavy (non-hydrogen) atoms. The molecule has 2 aliphatic heterocycles. The van der Waals surface area contributed by atoms with Gasteiger partial charge in [-0.3, -0.25) is 14.5 Å². The van der Waals surface area contributed by atoms with Gasteiger partial charge < -0.3 is 4.74 Å². The Balaban J connectivity index is 1.77. The summed E-state index contributed by atoms with van der Waals surface area (Å²) in [4.78, 5) is 26.3. The number of carbonyl (C=O) groups excluding carboxylic acids is 2. The van der Waals surface area contributed by atoms with Crippen LogP contribution in [0.4, 0.5) is 0 Å². The minimum Gasteiger partial charge on any atom is -0.381 e. The molecule has 1 saturated heterocycles. The molecule has 0 atom stereocenters. The second kappa shape index (κ2) is 6.67. The molecule has 4 nitrogen and oxygen atoms in total. The van der Waals surface area contributed by atoms with E-state index in [9.17, 15) is 9.59 Å². The van der Waals surface area contributed by atoms with E-state index in [1.54, 1.807) is 0 Å². The van der Waals surface area contributed by atoms with E-state index in [1.807, 2.05) is 18.2 Å². The summed E-state index contributed by atoms with van der Waals surface area (Å²) in [5.74, 6) is 0.390. The fourth-order valence-electron chi connectivity index (χ4n) is 3.14. The summed E-state index contributed by atoms with van der Waals surface area (Å²) in [6.45, 7) is 6.18. The van der Waals surface area contributed by atoms with Crippen molar-refractivity contribution in [3.8, 4) is 0 Å². The Morgan fingerprint density at radius 2 is 1.96 bits per heavy atom. The van der Waals surface area contributed by atoms with Crippen LogP contribution in [0.1, 0.15) is 43.7 Å². The minimum atomic E-state index is -0.188. The molecule has 0 saturated carbocycles. The van der Waals surface area contributed by atoms with Gasteiger partial charge in [-0.25, -0.2) is 0 Å². The van der Waals surface area contributed by atoms with Gasteiger partial charge in [0.05, 0.1) is 5.57 Å². The van der Waals surface area contributed by atoms with E-state index < -0.39 is 0 Å². The number of hydrogen-bond acceptors (Lipinski definition) is 3. The lowest BCUT2D eigenvalue weighted by Crippen LogP contribution is -2.37.